The number of nitrogens with one attached hydrogen (secondary N) is 1. The van der Waals surface area contributed by atoms with Crippen molar-refractivity contribution >= 4 is 11.0 Å². The van der Waals surface area contributed by atoms with E-state index in [9.17, 15) is 4.79 Å². The smallest absolute Gasteiger partial charge is 0.306 e. The maximum atomic E-state index is 12.3. The molecule has 4 heteroatoms. The average molecular weight is 335 g/mol. The van der Waals surface area contributed by atoms with Gasteiger partial charge in [0.15, 0.2) is 0 Å². The second-order valence-electron chi connectivity index (χ2n) is 7.10. The maximum Gasteiger partial charge on any atom is 0.326 e. The van der Waals surface area contributed by atoms with E-state index in [0.29, 0.717) is 5.92 Å². The van der Waals surface area contributed by atoms with E-state index in [-0.39, 0.29) is 5.69 Å². The van der Waals surface area contributed by atoms with Crippen molar-refractivity contribution in [1.82, 2.24) is 14.5 Å². The second-order valence-corrected chi connectivity index (χ2v) is 7.10. The summed E-state index contributed by atoms with van der Waals surface area (Å²) in [6.45, 7) is 4.17. The van der Waals surface area contributed by atoms with Crippen LogP contribution >= 0.6 is 0 Å². The molecule has 1 atom stereocenters. The van der Waals surface area contributed by atoms with E-state index in [1.807, 2.05) is 28.8 Å². The Morgan fingerprint density at radius 1 is 1.04 bits per heavy atom. The van der Waals surface area contributed by atoms with Gasteiger partial charge in [-0.3, -0.25) is 4.57 Å². The van der Waals surface area contributed by atoms with Crippen molar-refractivity contribution in [2.24, 2.45) is 5.92 Å². The molecule has 0 aliphatic carbocycles. The van der Waals surface area contributed by atoms with Crippen molar-refractivity contribution in [3.63, 3.8) is 0 Å². The molecule has 0 saturated carbocycles. The molecule has 0 radical (unpaired) electrons. The lowest BCUT2D eigenvalue weighted by atomic mass is 9.97. The van der Waals surface area contributed by atoms with Crippen LogP contribution in [0.2, 0.25) is 0 Å². The molecule has 2 heterocycles. The molecule has 130 valence electrons. The van der Waals surface area contributed by atoms with Gasteiger partial charge >= 0.3 is 5.69 Å². The van der Waals surface area contributed by atoms with E-state index >= 15 is 0 Å². The van der Waals surface area contributed by atoms with Gasteiger partial charge < -0.3 is 9.88 Å². The van der Waals surface area contributed by atoms with Gasteiger partial charge in [-0.2, -0.15) is 0 Å². The first-order valence-corrected chi connectivity index (χ1v) is 9.23. The third-order valence-corrected chi connectivity index (χ3v) is 5.29. The molecule has 2 aromatic carbocycles. The molecule has 4 nitrogen and oxygen atoms in total. The van der Waals surface area contributed by atoms with E-state index < -0.39 is 0 Å². The number of piperidine rings is 1. The van der Waals surface area contributed by atoms with Crippen LogP contribution in [0.1, 0.15) is 18.4 Å². The number of fused-ring (bicyclic) bond motifs is 1. The highest BCUT2D eigenvalue weighted by Gasteiger charge is 2.21. The van der Waals surface area contributed by atoms with Crippen LogP contribution in [-0.2, 0) is 13.0 Å². The summed E-state index contributed by atoms with van der Waals surface area (Å²) in [6.07, 6.45) is 3.52. The molecule has 1 aliphatic heterocycles. The number of hydrogen-bond donors (Lipinski definition) is 1. The highest BCUT2D eigenvalue weighted by molar-refractivity contribution is 5.74. The summed E-state index contributed by atoms with van der Waals surface area (Å²) in [5, 5.41) is 0. The highest BCUT2D eigenvalue weighted by Crippen LogP contribution is 2.20. The fourth-order valence-corrected chi connectivity index (χ4v) is 3.98. The fourth-order valence-electron chi connectivity index (χ4n) is 3.98. The largest absolute Gasteiger partial charge is 0.326 e. The van der Waals surface area contributed by atoms with Gasteiger partial charge in [0.2, 0.25) is 0 Å². The summed E-state index contributed by atoms with van der Waals surface area (Å²) in [5.41, 5.74) is 3.37. The van der Waals surface area contributed by atoms with E-state index in [0.717, 1.165) is 37.1 Å². The van der Waals surface area contributed by atoms with Crippen LogP contribution < -0.4 is 5.69 Å². The van der Waals surface area contributed by atoms with Gasteiger partial charge in [0, 0.05) is 19.6 Å². The molecule has 0 spiro atoms. The normalized spacial score (nSPS) is 18.6. The number of para-hydroxylation sites is 2. The minimum atomic E-state index is 0.0163. The molecular formula is C21H25N3O. The molecule has 1 N–H and O–H groups in total. The first-order valence-electron chi connectivity index (χ1n) is 9.23. The Bertz CT molecular complexity index is 881. The Morgan fingerprint density at radius 3 is 2.72 bits per heavy atom. The van der Waals surface area contributed by atoms with Gasteiger partial charge in [-0.15, -0.1) is 0 Å². The summed E-state index contributed by atoms with van der Waals surface area (Å²) in [7, 11) is 0. The molecule has 0 bridgehead atoms. The number of hydrogen-bond acceptors (Lipinski definition) is 2. The van der Waals surface area contributed by atoms with Gasteiger partial charge in [0.25, 0.3) is 0 Å². The van der Waals surface area contributed by atoms with Crippen LogP contribution in [0.4, 0.5) is 0 Å². The molecule has 0 unspecified atom stereocenters. The van der Waals surface area contributed by atoms with Crippen LogP contribution in [0.5, 0.6) is 0 Å². The van der Waals surface area contributed by atoms with Crippen molar-refractivity contribution in [2.45, 2.75) is 25.8 Å². The SMILES string of the molecule is O=c1[nH]c2ccccc2n1C[C@@H]1CCCN(CCc2ccccc2)C1. The van der Waals surface area contributed by atoms with Crippen LogP contribution in [-0.4, -0.2) is 34.1 Å². The predicted octanol–water partition coefficient (Wildman–Crippen LogP) is 3.28. The van der Waals surface area contributed by atoms with Gasteiger partial charge in [-0.05, 0) is 49.4 Å². The lowest BCUT2D eigenvalue weighted by molar-refractivity contribution is 0.164. The molecule has 1 aliphatic rings. The summed E-state index contributed by atoms with van der Waals surface area (Å²) < 4.78 is 1.92. The number of nitrogens with zero attached hydrogens (tertiary/aromatic N) is 2. The molecule has 0 amide bonds. The Hall–Kier alpha value is -2.33. The lowest BCUT2D eigenvalue weighted by Gasteiger charge is -2.32. The van der Waals surface area contributed by atoms with E-state index in [4.69, 9.17) is 0 Å². The van der Waals surface area contributed by atoms with Crippen molar-refractivity contribution in [3.05, 3.63) is 70.6 Å². The minimum absolute atomic E-state index is 0.0163. The van der Waals surface area contributed by atoms with E-state index in [1.54, 1.807) is 0 Å². The Balaban J connectivity index is 1.41. The third kappa shape index (κ3) is 3.69. The summed E-state index contributed by atoms with van der Waals surface area (Å²) in [5.74, 6) is 0.543. The number of imidazole rings is 1. The summed E-state index contributed by atoms with van der Waals surface area (Å²) in [6, 6.07) is 18.7. The average Bonchev–Trinajstić information content (AvgIpc) is 2.97. The molecule has 25 heavy (non-hydrogen) atoms. The number of aromatic amines is 1. The zero-order valence-corrected chi connectivity index (χ0v) is 14.5. The standard InChI is InChI=1S/C21H25N3O/c25-21-22-19-10-4-5-11-20(19)24(21)16-18-9-6-13-23(15-18)14-12-17-7-2-1-3-8-17/h1-5,7-8,10-11,18H,6,9,12-16H2,(H,22,25)/t18-/m1/s1. The third-order valence-electron chi connectivity index (χ3n) is 5.29. The van der Waals surface area contributed by atoms with Crippen molar-refractivity contribution in [3.8, 4) is 0 Å². The monoisotopic (exact) mass is 335 g/mol. The molecule has 1 fully saturated rings. The van der Waals surface area contributed by atoms with Crippen LogP contribution in [0.15, 0.2) is 59.4 Å². The number of likely N-dealkylation sites (tertiary alicyclic amines) is 1. The van der Waals surface area contributed by atoms with Crippen molar-refractivity contribution in [2.75, 3.05) is 19.6 Å². The highest BCUT2D eigenvalue weighted by atomic mass is 16.1. The molecule has 3 aromatic rings. The van der Waals surface area contributed by atoms with Crippen LogP contribution in [0, 0.1) is 5.92 Å². The van der Waals surface area contributed by atoms with Crippen molar-refractivity contribution < 1.29 is 0 Å². The van der Waals surface area contributed by atoms with Gasteiger partial charge in [-0.1, -0.05) is 42.5 Å². The second kappa shape index (κ2) is 7.28. The molecule has 1 saturated heterocycles. The van der Waals surface area contributed by atoms with Gasteiger partial charge in [0.05, 0.1) is 11.0 Å². The molecular weight excluding hydrogens is 310 g/mol. The molecule has 4 rings (SSSR count). The number of benzene rings is 2. The predicted molar refractivity (Wildman–Crippen MR) is 102 cm³/mol. The van der Waals surface area contributed by atoms with Crippen molar-refractivity contribution in [1.29, 1.82) is 0 Å². The van der Waals surface area contributed by atoms with E-state index in [2.05, 4.69) is 40.2 Å². The summed E-state index contributed by atoms with van der Waals surface area (Å²) >= 11 is 0. The Labute approximate surface area is 148 Å². The first kappa shape index (κ1) is 16.2. The van der Waals surface area contributed by atoms with Gasteiger partial charge in [-0.25, -0.2) is 4.79 Å². The van der Waals surface area contributed by atoms with E-state index in [1.165, 1.54) is 24.9 Å². The number of H-pyrrole nitrogens is 1. The Morgan fingerprint density at radius 2 is 1.84 bits per heavy atom. The quantitative estimate of drug-likeness (QED) is 0.777. The zero-order valence-electron chi connectivity index (χ0n) is 14.5. The van der Waals surface area contributed by atoms with Crippen LogP contribution in [0.3, 0.4) is 0 Å². The number of aromatic nitrogens is 2. The van der Waals surface area contributed by atoms with Crippen LogP contribution in [0.25, 0.3) is 11.0 Å². The topological polar surface area (TPSA) is 41.0 Å². The Kier molecular flexibility index (Phi) is 4.70. The molecule has 1 aromatic heterocycles. The zero-order chi connectivity index (χ0) is 17.1. The maximum absolute atomic E-state index is 12.3. The summed E-state index contributed by atoms with van der Waals surface area (Å²) in [4.78, 5) is 17.8. The van der Waals surface area contributed by atoms with Gasteiger partial charge in [0.1, 0.15) is 0 Å². The number of rotatable bonds is 5. The lowest BCUT2D eigenvalue weighted by Crippen LogP contribution is -2.39. The minimum Gasteiger partial charge on any atom is -0.306 e. The first-order chi connectivity index (χ1) is 12.3. The fraction of sp³-hybridized carbons (Fsp3) is 0.381.